The van der Waals surface area contributed by atoms with Gasteiger partial charge in [-0.3, -0.25) is 15.3 Å². The second-order valence-electron chi connectivity index (χ2n) is 8.96. The van der Waals surface area contributed by atoms with E-state index in [0.29, 0.717) is 25.5 Å². The third-order valence-corrected chi connectivity index (χ3v) is 7.56. The number of anilines is 1. The van der Waals surface area contributed by atoms with Crippen molar-refractivity contribution < 1.29 is 17.5 Å². The number of ether oxygens (including phenoxy) is 1. The average molecular weight is 531 g/mol. The Morgan fingerprint density at radius 1 is 1.08 bits per heavy atom. The predicted molar refractivity (Wildman–Crippen MR) is 141 cm³/mol. The molecule has 200 valence electrons. The summed E-state index contributed by atoms with van der Waals surface area (Å²) >= 11 is 0. The van der Waals surface area contributed by atoms with Crippen LogP contribution in [-0.4, -0.2) is 38.6 Å². The Balaban J connectivity index is 1.37. The molecule has 0 bridgehead atoms. The number of nitrogens with one attached hydrogen (secondary N) is 3. The van der Waals surface area contributed by atoms with E-state index in [1.54, 1.807) is 24.5 Å². The van der Waals surface area contributed by atoms with Crippen LogP contribution in [-0.2, 0) is 10.0 Å². The summed E-state index contributed by atoms with van der Waals surface area (Å²) in [5, 5.41) is 14.5. The second-order valence-corrected chi connectivity index (χ2v) is 10.7. The lowest BCUT2D eigenvalue weighted by molar-refractivity contribution is 0.150. The van der Waals surface area contributed by atoms with E-state index < -0.39 is 15.8 Å². The second kappa shape index (κ2) is 15.1. The Labute approximate surface area is 218 Å². The van der Waals surface area contributed by atoms with Gasteiger partial charge in [-0.2, -0.15) is 5.26 Å². The number of halogens is 1. The van der Waals surface area contributed by atoms with Crippen LogP contribution in [0.25, 0.3) is 0 Å². The van der Waals surface area contributed by atoms with E-state index in [-0.39, 0.29) is 16.7 Å². The molecule has 3 rings (SSSR count). The maximum atomic E-state index is 13.8. The number of guanidine groups is 1. The van der Waals surface area contributed by atoms with Gasteiger partial charge in [0.05, 0.1) is 6.10 Å². The standard InChI is InChI=1S/C26H35FN6O3S/c27-21-11-12-25(24(19-21)36-23-9-5-4-6-10-23)37(34,35)32-16-8-3-1-2-7-15-30-26(31-20-28)33-22-13-17-29-18-14-22/h11-14,17-19,23,32H,1-10,15-16H2,(H2,29,30,31,33). The minimum Gasteiger partial charge on any atom is -0.489 e. The molecule has 1 saturated carbocycles. The molecule has 1 aromatic heterocycles. The molecule has 0 amide bonds. The highest BCUT2D eigenvalue weighted by Gasteiger charge is 2.23. The SMILES string of the molecule is N#CNC(=NCCCCCCCNS(=O)(=O)c1ccc(F)cc1OC1CCCCC1)Nc1ccncc1. The van der Waals surface area contributed by atoms with Crippen molar-refractivity contribution >= 4 is 21.7 Å². The van der Waals surface area contributed by atoms with Crippen LogP contribution in [0.1, 0.15) is 64.2 Å². The first-order valence-electron chi connectivity index (χ1n) is 12.8. The minimum absolute atomic E-state index is 0.0144. The van der Waals surface area contributed by atoms with Gasteiger partial charge in [0.15, 0.2) is 6.19 Å². The molecule has 1 aliphatic rings. The lowest BCUT2D eigenvalue weighted by Gasteiger charge is -2.24. The zero-order valence-corrected chi connectivity index (χ0v) is 21.8. The third-order valence-electron chi connectivity index (χ3n) is 6.06. The van der Waals surface area contributed by atoms with Crippen molar-refractivity contribution in [1.82, 2.24) is 15.0 Å². The lowest BCUT2D eigenvalue weighted by atomic mass is 9.98. The van der Waals surface area contributed by atoms with Crippen LogP contribution < -0.4 is 20.1 Å². The van der Waals surface area contributed by atoms with Gasteiger partial charge in [-0.25, -0.2) is 17.5 Å². The number of hydrogen-bond acceptors (Lipinski definition) is 6. The van der Waals surface area contributed by atoms with Gasteiger partial charge < -0.3 is 10.1 Å². The first-order chi connectivity index (χ1) is 18.0. The third kappa shape index (κ3) is 9.98. The van der Waals surface area contributed by atoms with E-state index in [2.05, 4.69) is 25.3 Å². The summed E-state index contributed by atoms with van der Waals surface area (Å²) in [6.45, 7) is 0.857. The molecule has 0 unspecified atom stereocenters. The molecule has 0 atom stereocenters. The average Bonchev–Trinajstić information content (AvgIpc) is 2.89. The number of pyridine rings is 1. The molecule has 11 heteroatoms. The fourth-order valence-corrected chi connectivity index (χ4v) is 5.32. The molecule has 9 nitrogen and oxygen atoms in total. The summed E-state index contributed by atoms with van der Waals surface area (Å²) in [5.74, 6) is -0.0443. The predicted octanol–water partition coefficient (Wildman–Crippen LogP) is 4.70. The summed E-state index contributed by atoms with van der Waals surface area (Å²) in [6, 6.07) is 7.15. The smallest absolute Gasteiger partial charge is 0.244 e. The summed E-state index contributed by atoms with van der Waals surface area (Å²) in [6.07, 6.45) is 14.3. The largest absolute Gasteiger partial charge is 0.489 e. The fourth-order valence-electron chi connectivity index (χ4n) is 4.14. The Bertz CT molecular complexity index is 1150. The van der Waals surface area contributed by atoms with E-state index in [1.807, 2.05) is 6.19 Å². The maximum Gasteiger partial charge on any atom is 0.244 e. The van der Waals surface area contributed by atoms with Crippen molar-refractivity contribution in [2.75, 3.05) is 18.4 Å². The lowest BCUT2D eigenvalue weighted by Crippen LogP contribution is -2.27. The molecule has 2 aromatic rings. The molecular formula is C26H35FN6O3S. The van der Waals surface area contributed by atoms with Crippen molar-refractivity contribution in [3.63, 3.8) is 0 Å². The summed E-state index contributed by atoms with van der Waals surface area (Å²) < 4.78 is 48.1. The molecule has 0 spiro atoms. The van der Waals surface area contributed by atoms with Crippen LogP contribution in [0.4, 0.5) is 10.1 Å². The van der Waals surface area contributed by atoms with Crippen LogP contribution in [0.5, 0.6) is 5.75 Å². The fraction of sp³-hybridized carbons (Fsp3) is 0.500. The summed E-state index contributed by atoms with van der Waals surface area (Å²) in [7, 11) is -3.80. The quantitative estimate of drug-likeness (QED) is 0.113. The van der Waals surface area contributed by atoms with E-state index in [9.17, 15) is 12.8 Å². The van der Waals surface area contributed by atoms with Gasteiger partial charge in [0.2, 0.25) is 16.0 Å². The van der Waals surface area contributed by atoms with Crippen molar-refractivity contribution in [1.29, 1.82) is 5.26 Å². The number of hydrogen-bond donors (Lipinski definition) is 3. The molecule has 1 aliphatic carbocycles. The molecule has 0 radical (unpaired) electrons. The molecule has 3 N–H and O–H groups in total. The van der Waals surface area contributed by atoms with Crippen molar-refractivity contribution in [3.05, 3.63) is 48.5 Å². The van der Waals surface area contributed by atoms with E-state index in [4.69, 9.17) is 10.00 Å². The molecule has 1 heterocycles. The Morgan fingerprint density at radius 3 is 2.57 bits per heavy atom. The number of nitrogens with zero attached hydrogens (tertiary/aromatic N) is 3. The van der Waals surface area contributed by atoms with Gasteiger partial charge in [-0.05, 0) is 62.8 Å². The van der Waals surface area contributed by atoms with E-state index >= 15 is 0 Å². The topological polar surface area (TPSA) is 128 Å². The first-order valence-corrected chi connectivity index (χ1v) is 14.3. The summed E-state index contributed by atoms with van der Waals surface area (Å²) in [4.78, 5) is 8.32. The number of unbranched alkanes of at least 4 members (excludes halogenated alkanes) is 4. The highest BCUT2D eigenvalue weighted by atomic mass is 32.2. The molecule has 0 aliphatic heterocycles. The molecule has 1 aromatic carbocycles. The number of sulfonamides is 1. The molecule has 0 saturated heterocycles. The molecular weight excluding hydrogens is 495 g/mol. The number of nitriles is 1. The Morgan fingerprint density at radius 2 is 1.81 bits per heavy atom. The Hall–Kier alpha value is -3.23. The van der Waals surface area contributed by atoms with Gasteiger partial charge in [-0.15, -0.1) is 0 Å². The van der Waals surface area contributed by atoms with Gasteiger partial charge in [-0.1, -0.05) is 25.7 Å². The van der Waals surface area contributed by atoms with Crippen molar-refractivity contribution in [2.45, 2.75) is 75.2 Å². The number of benzene rings is 1. The zero-order chi connectivity index (χ0) is 26.3. The number of aliphatic imine (C=N–C) groups is 1. The highest BCUT2D eigenvalue weighted by Crippen LogP contribution is 2.29. The van der Waals surface area contributed by atoms with Gasteiger partial charge in [0, 0.05) is 37.2 Å². The normalized spacial score (nSPS) is 14.6. The summed E-state index contributed by atoms with van der Waals surface area (Å²) in [5.41, 5.74) is 0.784. The highest BCUT2D eigenvalue weighted by molar-refractivity contribution is 7.89. The maximum absolute atomic E-state index is 13.8. The minimum atomic E-state index is -3.80. The zero-order valence-electron chi connectivity index (χ0n) is 21.0. The van der Waals surface area contributed by atoms with Crippen LogP contribution in [0, 0.1) is 17.3 Å². The van der Waals surface area contributed by atoms with Crippen LogP contribution in [0.2, 0.25) is 0 Å². The van der Waals surface area contributed by atoms with Crippen LogP contribution >= 0.6 is 0 Å². The van der Waals surface area contributed by atoms with Crippen LogP contribution in [0.15, 0.2) is 52.6 Å². The van der Waals surface area contributed by atoms with E-state index in [1.165, 1.54) is 6.07 Å². The number of rotatable bonds is 13. The van der Waals surface area contributed by atoms with Crippen LogP contribution in [0.3, 0.4) is 0 Å². The van der Waals surface area contributed by atoms with Gasteiger partial charge in [0.1, 0.15) is 16.5 Å². The van der Waals surface area contributed by atoms with Gasteiger partial charge in [0.25, 0.3) is 0 Å². The molecule has 1 fully saturated rings. The van der Waals surface area contributed by atoms with Crippen molar-refractivity contribution in [2.24, 2.45) is 4.99 Å². The van der Waals surface area contributed by atoms with Crippen molar-refractivity contribution in [3.8, 4) is 11.9 Å². The van der Waals surface area contributed by atoms with E-state index in [0.717, 1.165) is 75.6 Å². The van der Waals surface area contributed by atoms with Gasteiger partial charge >= 0.3 is 0 Å². The number of aromatic nitrogens is 1. The first kappa shape index (κ1) is 28.3. The Kier molecular flexibility index (Phi) is 11.6. The molecule has 37 heavy (non-hydrogen) atoms. The monoisotopic (exact) mass is 530 g/mol.